The lowest BCUT2D eigenvalue weighted by molar-refractivity contribution is 0.416. The average molecular weight is 259 g/mol. The number of nitrogens with zero attached hydrogens (tertiary/aromatic N) is 1. The number of halogens is 1. The molecule has 0 fully saturated rings. The van der Waals surface area contributed by atoms with E-state index in [0.717, 1.165) is 27.9 Å². The van der Waals surface area contributed by atoms with E-state index < -0.39 is 0 Å². The Morgan fingerprint density at radius 3 is 2.94 bits per heavy atom. The van der Waals surface area contributed by atoms with Crippen LogP contribution in [-0.4, -0.2) is 17.1 Å². The minimum Gasteiger partial charge on any atom is -0.496 e. The summed E-state index contributed by atoms with van der Waals surface area (Å²) in [5.74, 6) is 0.788. The summed E-state index contributed by atoms with van der Waals surface area (Å²) in [7, 11) is 1.65. The van der Waals surface area contributed by atoms with Crippen LogP contribution in [0.1, 0.15) is 0 Å². The molecule has 0 saturated heterocycles. The molecule has 0 saturated carbocycles. The first-order chi connectivity index (χ1) is 8.78. The predicted molar refractivity (Wildman–Crippen MR) is 73.1 cm³/mol. The van der Waals surface area contributed by atoms with E-state index in [9.17, 15) is 0 Å². The number of aromatic amines is 1. The van der Waals surface area contributed by atoms with Gasteiger partial charge in [-0.25, -0.2) is 4.98 Å². The summed E-state index contributed by atoms with van der Waals surface area (Å²) in [6, 6.07) is 9.61. The van der Waals surface area contributed by atoms with Crippen molar-refractivity contribution in [2.24, 2.45) is 0 Å². The summed E-state index contributed by atoms with van der Waals surface area (Å²) in [6.07, 6.45) is 3.68. The summed E-state index contributed by atoms with van der Waals surface area (Å²) >= 11 is 6.04. The van der Waals surface area contributed by atoms with Gasteiger partial charge >= 0.3 is 0 Å². The maximum absolute atomic E-state index is 6.04. The van der Waals surface area contributed by atoms with E-state index in [4.69, 9.17) is 16.3 Å². The standard InChI is InChI=1S/C14H11ClN2O/c1-18-13-3-2-11(15)7-12(13)10-6-9-4-5-16-14(9)17-8-10/h2-8H,1H3,(H,16,17). The Balaban J connectivity index is 2.21. The molecular formula is C14H11ClN2O. The Labute approximate surface area is 109 Å². The van der Waals surface area contributed by atoms with Gasteiger partial charge in [0.05, 0.1) is 7.11 Å². The Morgan fingerprint density at radius 2 is 2.11 bits per heavy atom. The molecule has 3 aromatic rings. The Bertz CT molecular complexity index is 706. The normalized spacial score (nSPS) is 10.8. The highest BCUT2D eigenvalue weighted by Gasteiger charge is 2.08. The molecule has 18 heavy (non-hydrogen) atoms. The third kappa shape index (κ3) is 1.83. The van der Waals surface area contributed by atoms with Gasteiger partial charge in [-0.2, -0.15) is 0 Å². The first-order valence-corrected chi connectivity index (χ1v) is 5.93. The second kappa shape index (κ2) is 4.35. The fourth-order valence-corrected chi connectivity index (χ4v) is 2.17. The smallest absolute Gasteiger partial charge is 0.137 e. The molecule has 0 bridgehead atoms. The molecule has 0 spiro atoms. The first kappa shape index (κ1) is 11.1. The maximum Gasteiger partial charge on any atom is 0.137 e. The summed E-state index contributed by atoms with van der Waals surface area (Å²) < 4.78 is 5.35. The zero-order chi connectivity index (χ0) is 12.5. The summed E-state index contributed by atoms with van der Waals surface area (Å²) in [6.45, 7) is 0. The molecule has 90 valence electrons. The van der Waals surface area contributed by atoms with Gasteiger partial charge in [0, 0.05) is 33.9 Å². The molecule has 3 nitrogen and oxygen atoms in total. The highest BCUT2D eigenvalue weighted by atomic mass is 35.5. The first-order valence-electron chi connectivity index (χ1n) is 5.55. The van der Waals surface area contributed by atoms with Crippen molar-refractivity contribution in [1.29, 1.82) is 0 Å². The number of methoxy groups -OCH3 is 1. The maximum atomic E-state index is 6.04. The molecule has 1 N–H and O–H groups in total. The van der Waals surface area contributed by atoms with Crippen molar-refractivity contribution in [3.63, 3.8) is 0 Å². The van der Waals surface area contributed by atoms with Gasteiger partial charge in [0.2, 0.25) is 0 Å². The Kier molecular flexibility index (Phi) is 2.68. The van der Waals surface area contributed by atoms with Crippen molar-refractivity contribution in [3.05, 3.63) is 47.7 Å². The van der Waals surface area contributed by atoms with Crippen LogP contribution in [0.2, 0.25) is 5.02 Å². The quantitative estimate of drug-likeness (QED) is 0.757. The van der Waals surface area contributed by atoms with Crippen molar-refractivity contribution in [2.75, 3.05) is 7.11 Å². The second-order valence-corrected chi connectivity index (χ2v) is 4.42. The van der Waals surface area contributed by atoms with Gasteiger partial charge in [-0.05, 0) is 30.3 Å². The van der Waals surface area contributed by atoms with Crippen molar-refractivity contribution >= 4 is 22.6 Å². The molecule has 1 aromatic carbocycles. The zero-order valence-corrected chi connectivity index (χ0v) is 10.5. The number of rotatable bonds is 2. The second-order valence-electron chi connectivity index (χ2n) is 3.98. The van der Waals surface area contributed by atoms with Gasteiger partial charge in [0.1, 0.15) is 11.4 Å². The molecule has 0 aliphatic rings. The fourth-order valence-electron chi connectivity index (χ4n) is 1.99. The molecular weight excluding hydrogens is 248 g/mol. The summed E-state index contributed by atoms with van der Waals surface area (Å²) in [4.78, 5) is 7.44. The number of ether oxygens (including phenoxy) is 1. The predicted octanol–water partition coefficient (Wildman–Crippen LogP) is 3.89. The highest BCUT2D eigenvalue weighted by Crippen LogP contribution is 2.33. The lowest BCUT2D eigenvalue weighted by Gasteiger charge is -2.08. The Hall–Kier alpha value is -2.00. The van der Waals surface area contributed by atoms with Gasteiger partial charge in [0.25, 0.3) is 0 Å². The number of pyridine rings is 1. The van der Waals surface area contributed by atoms with Crippen molar-refractivity contribution in [3.8, 4) is 16.9 Å². The average Bonchev–Trinajstić information content (AvgIpc) is 2.85. The van der Waals surface area contributed by atoms with Crippen molar-refractivity contribution < 1.29 is 4.74 Å². The third-order valence-electron chi connectivity index (χ3n) is 2.87. The highest BCUT2D eigenvalue weighted by molar-refractivity contribution is 6.31. The van der Waals surface area contributed by atoms with Gasteiger partial charge in [0.15, 0.2) is 0 Å². The van der Waals surface area contributed by atoms with Crippen LogP contribution in [0.4, 0.5) is 0 Å². The van der Waals surface area contributed by atoms with Crippen molar-refractivity contribution in [1.82, 2.24) is 9.97 Å². The van der Waals surface area contributed by atoms with E-state index in [1.165, 1.54) is 0 Å². The molecule has 0 atom stereocenters. The molecule has 0 radical (unpaired) electrons. The number of nitrogens with one attached hydrogen (secondary N) is 1. The largest absolute Gasteiger partial charge is 0.496 e. The van der Waals surface area contributed by atoms with Crippen LogP contribution in [0.25, 0.3) is 22.2 Å². The van der Waals surface area contributed by atoms with Gasteiger partial charge in [-0.3, -0.25) is 0 Å². The van der Waals surface area contributed by atoms with Crippen LogP contribution in [0.15, 0.2) is 42.7 Å². The number of hydrogen-bond donors (Lipinski definition) is 1. The molecule has 0 amide bonds. The number of fused-ring (bicyclic) bond motifs is 1. The van der Waals surface area contributed by atoms with Crippen molar-refractivity contribution in [2.45, 2.75) is 0 Å². The number of H-pyrrole nitrogens is 1. The van der Waals surface area contributed by atoms with E-state index >= 15 is 0 Å². The van der Waals surface area contributed by atoms with E-state index in [1.807, 2.05) is 36.7 Å². The van der Waals surface area contributed by atoms with E-state index in [2.05, 4.69) is 16.0 Å². The zero-order valence-electron chi connectivity index (χ0n) is 9.77. The lowest BCUT2D eigenvalue weighted by atomic mass is 10.1. The van der Waals surface area contributed by atoms with E-state index in [0.29, 0.717) is 5.02 Å². The molecule has 0 unspecified atom stereocenters. The van der Waals surface area contributed by atoms with E-state index in [-0.39, 0.29) is 0 Å². The molecule has 4 heteroatoms. The van der Waals surface area contributed by atoms with Crippen LogP contribution in [0.3, 0.4) is 0 Å². The number of aromatic nitrogens is 2. The summed E-state index contributed by atoms with van der Waals surface area (Å²) in [5.41, 5.74) is 2.81. The topological polar surface area (TPSA) is 37.9 Å². The van der Waals surface area contributed by atoms with E-state index in [1.54, 1.807) is 7.11 Å². The lowest BCUT2D eigenvalue weighted by Crippen LogP contribution is -1.88. The summed E-state index contributed by atoms with van der Waals surface area (Å²) in [5, 5.41) is 1.74. The third-order valence-corrected chi connectivity index (χ3v) is 3.11. The van der Waals surface area contributed by atoms with Crippen LogP contribution in [-0.2, 0) is 0 Å². The van der Waals surface area contributed by atoms with Crippen LogP contribution >= 0.6 is 11.6 Å². The number of hydrogen-bond acceptors (Lipinski definition) is 2. The molecule has 0 aliphatic heterocycles. The monoisotopic (exact) mass is 258 g/mol. The SMILES string of the molecule is COc1ccc(Cl)cc1-c1cnc2[nH]ccc2c1. The molecule has 3 rings (SSSR count). The minimum absolute atomic E-state index is 0.681. The van der Waals surface area contributed by atoms with Crippen LogP contribution < -0.4 is 4.74 Å². The molecule has 2 heterocycles. The molecule has 2 aromatic heterocycles. The van der Waals surface area contributed by atoms with Gasteiger partial charge < -0.3 is 9.72 Å². The van der Waals surface area contributed by atoms with Gasteiger partial charge in [-0.15, -0.1) is 0 Å². The Morgan fingerprint density at radius 1 is 1.22 bits per heavy atom. The van der Waals surface area contributed by atoms with Crippen LogP contribution in [0, 0.1) is 0 Å². The van der Waals surface area contributed by atoms with Gasteiger partial charge in [-0.1, -0.05) is 11.6 Å². The van der Waals surface area contributed by atoms with Crippen LogP contribution in [0.5, 0.6) is 5.75 Å². The minimum atomic E-state index is 0.681. The number of benzene rings is 1. The molecule has 0 aliphatic carbocycles. The fraction of sp³-hybridized carbons (Fsp3) is 0.0714.